The summed E-state index contributed by atoms with van der Waals surface area (Å²) in [5.41, 5.74) is 6.12. The molecular weight excluding hydrogens is 330 g/mol. The van der Waals surface area contributed by atoms with Gasteiger partial charge in [0.1, 0.15) is 12.2 Å². The zero-order valence-electron chi connectivity index (χ0n) is 15.2. The van der Waals surface area contributed by atoms with Crippen molar-refractivity contribution in [3.8, 4) is 0 Å². The standard InChI is InChI=1S/C17H33NO7/c1-4-23-17-9(3)15(22)16(12(7-20)25-17)24-11-5-10(6-19)8(2)14(21)13(11)18/h8-17,19-22H,4-7,18H2,1-3H3/t8-,9+,10?,11+,12?,13?,14-,15?,16+,17-/m0/s1. The number of hydrogen-bond acceptors (Lipinski definition) is 8. The number of rotatable bonds is 6. The van der Waals surface area contributed by atoms with Crippen molar-refractivity contribution in [3.63, 3.8) is 0 Å². The van der Waals surface area contributed by atoms with E-state index in [1.54, 1.807) is 6.92 Å². The molecule has 4 unspecified atom stereocenters. The molecule has 0 aromatic carbocycles. The fraction of sp³-hybridized carbons (Fsp3) is 1.00. The molecule has 1 saturated heterocycles. The third-order valence-corrected chi connectivity index (χ3v) is 5.70. The summed E-state index contributed by atoms with van der Waals surface area (Å²) in [7, 11) is 0. The molecule has 10 atom stereocenters. The van der Waals surface area contributed by atoms with Gasteiger partial charge in [0, 0.05) is 19.1 Å². The summed E-state index contributed by atoms with van der Waals surface area (Å²) in [6.07, 6.45) is -3.94. The third-order valence-electron chi connectivity index (χ3n) is 5.70. The van der Waals surface area contributed by atoms with E-state index in [1.807, 2.05) is 13.8 Å². The van der Waals surface area contributed by atoms with Gasteiger partial charge >= 0.3 is 0 Å². The Bertz CT molecular complexity index is 408. The van der Waals surface area contributed by atoms with E-state index in [9.17, 15) is 20.4 Å². The molecule has 1 heterocycles. The Morgan fingerprint density at radius 2 is 1.76 bits per heavy atom. The Kier molecular flexibility index (Phi) is 7.60. The van der Waals surface area contributed by atoms with Gasteiger partial charge in [-0.15, -0.1) is 0 Å². The van der Waals surface area contributed by atoms with Crippen LogP contribution in [0, 0.1) is 17.8 Å². The SMILES string of the molecule is CCO[C@H]1OC(CO)[C@@H](O[C@@H]2CC(CO)[C@H](C)[C@H](O)C2N)C(O)[C@H]1C. The topological polar surface area (TPSA) is 135 Å². The van der Waals surface area contributed by atoms with E-state index in [0.29, 0.717) is 13.0 Å². The van der Waals surface area contributed by atoms with Gasteiger partial charge in [-0.1, -0.05) is 13.8 Å². The van der Waals surface area contributed by atoms with Crippen molar-refractivity contribution in [2.24, 2.45) is 23.5 Å². The second-order valence-corrected chi connectivity index (χ2v) is 7.28. The summed E-state index contributed by atoms with van der Waals surface area (Å²) in [6.45, 7) is 5.51. The van der Waals surface area contributed by atoms with Crippen molar-refractivity contribution in [1.82, 2.24) is 0 Å². The lowest BCUT2D eigenvalue weighted by molar-refractivity contribution is -0.298. The van der Waals surface area contributed by atoms with E-state index >= 15 is 0 Å². The van der Waals surface area contributed by atoms with E-state index in [4.69, 9.17) is 19.9 Å². The van der Waals surface area contributed by atoms with Gasteiger partial charge in [0.2, 0.25) is 0 Å². The molecule has 6 N–H and O–H groups in total. The van der Waals surface area contributed by atoms with Gasteiger partial charge in [0.15, 0.2) is 6.29 Å². The van der Waals surface area contributed by atoms with Crippen LogP contribution in [-0.4, -0.2) is 83.1 Å². The molecule has 0 aromatic heterocycles. The lowest BCUT2D eigenvalue weighted by Crippen LogP contribution is -2.61. The molecule has 1 aliphatic heterocycles. The van der Waals surface area contributed by atoms with Crippen LogP contribution in [-0.2, 0) is 14.2 Å². The largest absolute Gasteiger partial charge is 0.396 e. The van der Waals surface area contributed by atoms with Crippen LogP contribution in [0.25, 0.3) is 0 Å². The fourth-order valence-corrected chi connectivity index (χ4v) is 3.83. The van der Waals surface area contributed by atoms with E-state index < -0.39 is 42.9 Å². The minimum atomic E-state index is -0.904. The summed E-state index contributed by atoms with van der Waals surface area (Å²) >= 11 is 0. The normalized spacial score (nSPS) is 48.5. The Balaban J connectivity index is 2.11. The van der Waals surface area contributed by atoms with Crippen LogP contribution in [0.1, 0.15) is 27.2 Å². The summed E-state index contributed by atoms with van der Waals surface area (Å²) in [5, 5.41) is 40.2. The monoisotopic (exact) mass is 363 g/mol. The first kappa shape index (κ1) is 21.0. The van der Waals surface area contributed by atoms with E-state index in [-0.39, 0.29) is 31.0 Å². The van der Waals surface area contributed by atoms with Gasteiger partial charge in [0.25, 0.3) is 0 Å². The molecule has 1 aliphatic carbocycles. The van der Waals surface area contributed by atoms with E-state index in [1.165, 1.54) is 0 Å². The summed E-state index contributed by atoms with van der Waals surface area (Å²) in [4.78, 5) is 0. The average Bonchev–Trinajstić information content (AvgIpc) is 2.61. The Labute approximate surface area is 148 Å². The lowest BCUT2D eigenvalue weighted by Gasteiger charge is -2.47. The molecule has 25 heavy (non-hydrogen) atoms. The molecule has 8 nitrogen and oxygen atoms in total. The number of aliphatic hydroxyl groups excluding tert-OH is 4. The number of hydrogen-bond donors (Lipinski definition) is 5. The average molecular weight is 363 g/mol. The predicted molar refractivity (Wildman–Crippen MR) is 89.5 cm³/mol. The third kappa shape index (κ3) is 4.33. The van der Waals surface area contributed by atoms with E-state index in [0.717, 1.165) is 0 Å². The van der Waals surface area contributed by atoms with Crippen LogP contribution < -0.4 is 5.73 Å². The molecule has 0 radical (unpaired) electrons. The van der Waals surface area contributed by atoms with Crippen LogP contribution >= 0.6 is 0 Å². The van der Waals surface area contributed by atoms with Gasteiger partial charge in [-0.05, 0) is 25.2 Å². The first-order chi connectivity index (χ1) is 11.8. The Morgan fingerprint density at radius 1 is 1.08 bits per heavy atom. The highest BCUT2D eigenvalue weighted by molar-refractivity contribution is 4.96. The zero-order chi connectivity index (χ0) is 18.7. The van der Waals surface area contributed by atoms with Crippen molar-refractivity contribution in [3.05, 3.63) is 0 Å². The highest BCUT2D eigenvalue weighted by Crippen LogP contribution is 2.35. The van der Waals surface area contributed by atoms with Crippen LogP contribution in [0.2, 0.25) is 0 Å². The second kappa shape index (κ2) is 9.05. The molecule has 8 heteroatoms. The van der Waals surface area contributed by atoms with Crippen molar-refractivity contribution in [2.75, 3.05) is 19.8 Å². The fourth-order valence-electron chi connectivity index (χ4n) is 3.83. The van der Waals surface area contributed by atoms with Crippen molar-refractivity contribution in [2.45, 2.75) is 70.0 Å². The molecule has 2 aliphatic rings. The first-order valence-corrected chi connectivity index (χ1v) is 9.11. The number of ether oxygens (including phenoxy) is 3. The van der Waals surface area contributed by atoms with E-state index in [2.05, 4.69) is 0 Å². The second-order valence-electron chi connectivity index (χ2n) is 7.28. The van der Waals surface area contributed by atoms with Crippen LogP contribution in [0.3, 0.4) is 0 Å². The molecule has 2 rings (SSSR count). The highest BCUT2D eigenvalue weighted by atomic mass is 16.7. The molecule has 148 valence electrons. The van der Waals surface area contributed by atoms with Crippen molar-refractivity contribution < 1.29 is 34.6 Å². The summed E-state index contributed by atoms with van der Waals surface area (Å²) in [5.74, 6) is -0.616. The maximum Gasteiger partial charge on any atom is 0.163 e. The molecule has 0 amide bonds. The van der Waals surface area contributed by atoms with Crippen LogP contribution in [0.15, 0.2) is 0 Å². The minimum Gasteiger partial charge on any atom is -0.396 e. The van der Waals surface area contributed by atoms with Crippen molar-refractivity contribution >= 4 is 0 Å². The molecule has 2 fully saturated rings. The molecule has 0 spiro atoms. The maximum absolute atomic E-state index is 10.6. The molecular formula is C17H33NO7. The van der Waals surface area contributed by atoms with Gasteiger partial charge in [-0.2, -0.15) is 0 Å². The predicted octanol–water partition coefficient (Wildman–Crippen LogP) is -1.17. The Morgan fingerprint density at radius 3 is 2.32 bits per heavy atom. The maximum atomic E-state index is 10.6. The van der Waals surface area contributed by atoms with Gasteiger partial charge in [-0.3, -0.25) is 0 Å². The smallest absolute Gasteiger partial charge is 0.163 e. The van der Waals surface area contributed by atoms with Crippen LogP contribution in [0.5, 0.6) is 0 Å². The minimum absolute atomic E-state index is 0.0687. The van der Waals surface area contributed by atoms with Crippen LogP contribution in [0.4, 0.5) is 0 Å². The first-order valence-electron chi connectivity index (χ1n) is 9.11. The quantitative estimate of drug-likeness (QED) is 0.398. The van der Waals surface area contributed by atoms with Gasteiger partial charge < -0.3 is 40.4 Å². The van der Waals surface area contributed by atoms with Crippen molar-refractivity contribution in [1.29, 1.82) is 0 Å². The zero-order valence-corrected chi connectivity index (χ0v) is 15.2. The number of nitrogens with two attached hydrogens (primary N) is 1. The summed E-state index contributed by atoms with van der Waals surface area (Å²) in [6, 6.07) is -0.635. The Hall–Kier alpha value is -0.320. The highest BCUT2D eigenvalue weighted by Gasteiger charge is 2.48. The summed E-state index contributed by atoms with van der Waals surface area (Å²) < 4.78 is 17.2. The molecule has 1 saturated carbocycles. The lowest BCUT2D eigenvalue weighted by atomic mass is 9.74. The van der Waals surface area contributed by atoms with Gasteiger partial charge in [0.05, 0.1) is 31.0 Å². The molecule has 0 bridgehead atoms. The number of aliphatic hydroxyl groups is 4. The molecule has 0 aromatic rings. The van der Waals surface area contributed by atoms with Gasteiger partial charge in [-0.25, -0.2) is 0 Å².